The van der Waals surface area contributed by atoms with Gasteiger partial charge in [-0.25, -0.2) is 4.39 Å². The Kier molecular flexibility index (Phi) is 4.07. The van der Waals surface area contributed by atoms with Crippen molar-refractivity contribution in [1.29, 1.82) is 0 Å². The number of halogens is 1. The van der Waals surface area contributed by atoms with Crippen molar-refractivity contribution in [2.24, 2.45) is 0 Å². The van der Waals surface area contributed by atoms with Gasteiger partial charge >= 0.3 is 0 Å². The van der Waals surface area contributed by atoms with Crippen molar-refractivity contribution in [2.45, 2.75) is 13.0 Å². The van der Waals surface area contributed by atoms with Crippen molar-refractivity contribution in [2.75, 3.05) is 45.4 Å². The Morgan fingerprint density at radius 1 is 1.39 bits per heavy atom. The molecule has 1 aromatic carbocycles. The van der Waals surface area contributed by atoms with E-state index < -0.39 is 0 Å². The zero-order valence-corrected chi connectivity index (χ0v) is 11.3. The molecular weight excluding hydrogens is 231 g/mol. The minimum atomic E-state index is -0.304. The molecule has 100 valence electrons. The van der Waals surface area contributed by atoms with Crippen molar-refractivity contribution in [3.05, 3.63) is 23.8 Å². The average molecular weight is 252 g/mol. The Morgan fingerprint density at radius 2 is 2.17 bits per heavy atom. The van der Waals surface area contributed by atoms with E-state index in [2.05, 4.69) is 21.9 Å². The van der Waals surface area contributed by atoms with Gasteiger partial charge in [-0.05, 0) is 31.7 Å². The van der Waals surface area contributed by atoms with Gasteiger partial charge in [0, 0.05) is 19.6 Å². The first-order chi connectivity index (χ1) is 8.65. The molecule has 1 fully saturated rings. The van der Waals surface area contributed by atoms with Gasteiger partial charge in [0.1, 0.15) is 12.4 Å². The highest BCUT2D eigenvalue weighted by Crippen LogP contribution is 2.30. The van der Waals surface area contributed by atoms with Crippen LogP contribution < -0.4 is 9.64 Å². The Morgan fingerprint density at radius 3 is 2.83 bits per heavy atom. The number of piperazine rings is 1. The molecule has 1 aliphatic heterocycles. The molecule has 4 heteroatoms. The van der Waals surface area contributed by atoms with Crippen LogP contribution in [0.15, 0.2) is 18.2 Å². The lowest BCUT2D eigenvalue weighted by molar-refractivity contribution is 0.183. The summed E-state index contributed by atoms with van der Waals surface area (Å²) in [7, 11) is 3.66. The number of benzene rings is 1. The van der Waals surface area contributed by atoms with Gasteiger partial charge in [-0.1, -0.05) is 6.07 Å². The minimum Gasteiger partial charge on any atom is -0.495 e. The van der Waals surface area contributed by atoms with E-state index in [1.807, 2.05) is 20.0 Å². The molecule has 1 heterocycles. The number of aryl methyl sites for hydroxylation is 1. The van der Waals surface area contributed by atoms with Crippen LogP contribution in [0.1, 0.15) is 5.56 Å². The predicted octanol–water partition coefficient (Wildman–Crippen LogP) is 2.09. The lowest BCUT2D eigenvalue weighted by Gasteiger charge is -2.39. The summed E-state index contributed by atoms with van der Waals surface area (Å²) in [5.74, 6) is 0.872. The second kappa shape index (κ2) is 5.57. The van der Waals surface area contributed by atoms with Crippen LogP contribution in [-0.4, -0.2) is 51.4 Å². The standard InChI is InChI=1S/C14H21FN2O/c1-11-4-5-13(14(8-11)18-3)17-7-6-16(2)12(9-15)10-17/h4-5,8,12H,6-7,9-10H2,1-3H3. The van der Waals surface area contributed by atoms with Crippen LogP contribution in [0.25, 0.3) is 0 Å². The second-order valence-electron chi connectivity index (χ2n) is 4.91. The molecule has 1 unspecified atom stereocenters. The van der Waals surface area contributed by atoms with Crippen LogP contribution in [0.2, 0.25) is 0 Å². The van der Waals surface area contributed by atoms with Crippen molar-refractivity contribution < 1.29 is 9.13 Å². The third kappa shape index (κ3) is 2.58. The molecule has 0 spiro atoms. The number of nitrogens with zero attached hydrogens (tertiary/aromatic N) is 2. The van der Waals surface area contributed by atoms with E-state index in [4.69, 9.17) is 4.74 Å². The highest BCUT2D eigenvalue weighted by Gasteiger charge is 2.25. The van der Waals surface area contributed by atoms with Crippen molar-refractivity contribution in [3.8, 4) is 5.75 Å². The number of anilines is 1. The van der Waals surface area contributed by atoms with Crippen LogP contribution in [0.3, 0.4) is 0 Å². The van der Waals surface area contributed by atoms with Gasteiger partial charge in [-0.3, -0.25) is 4.90 Å². The summed E-state index contributed by atoms with van der Waals surface area (Å²) in [5.41, 5.74) is 2.24. The molecule has 1 aromatic rings. The summed E-state index contributed by atoms with van der Waals surface area (Å²) >= 11 is 0. The highest BCUT2D eigenvalue weighted by atomic mass is 19.1. The quantitative estimate of drug-likeness (QED) is 0.819. The number of likely N-dealkylation sites (N-methyl/N-ethyl adjacent to an activating group) is 1. The molecule has 0 radical (unpaired) electrons. The first-order valence-electron chi connectivity index (χ1n) is 6.31. The van der Waals surface area contributed by atoms with Gasteiger partial charge in [-0.2, -0.15) is 0 Å². The van der Waals surface area contributed by atoms with E-state index in [1.54, 1.807) is 7.11 Å². The molecule has 0 aliphatic carbocycles. The predicted molar refractivity (Wildman–Crippen MR) is 72.3 cm³/mol. The Bertz CT molecular complexity index is 411. The maximum Gasteiger partial charge on any atom is 0.142 e. The molecule has 0 aromatic heterocycles. The fourth-order valence-electron chi connectivity index (χ4n) is 2.38. The third-order valence-electron chi connectivity index (χ3n) is 3.63. The van der Waals surface area contributed by atoms with Gasteiger partial charge in [0.15, 0.2) is 0 Å². The number of ether oxygens (including phenoxy) is 1. The van der Waals surface area contributed by atoms with Gasteiger partial charge in [-0.15, -0.1) is 0 Å². The number of alkyl halides is 1. The van der Waals surface area contributed by atoms with E-state index in [0.717, 1.165) is 24.5 Å². The molecular formula is C14H21FN2O. The largest absolute Gasteiger partial charge is 0.495 e. The van der Waals surface area contributed by atoms with E-state index in [1.165, 1.54) is 5.56 Å². The van der Waals surface area contributed by atoms with E-state index >= 15 is 0 Å². The summed E-state index contributed by atoms with van der Waals surface area (Å²) in [6.45, 7) is 4.24. The lowest BCUT2D eigenvalue weighted by Crippen LogP contribution is -2.52. The maximum atomic E-state index is 13.0. The normalized spacial score (nSPS) is 21.1. The maximum absolute atomic E-state index is 13.0. The van der Waals surface area contributed by atoms with E-state index in [-0.39, 0.29) is 12.7 Å². The van der Waals surface area contributed by atoms with E-state index in [0.29, 0.717) is 6.54 Å². The van der Waals surface area contributed by atoms with Gasteiger partial charge in [0.2, 0.25) is 0 Å². The molecule has 0 amide bonds. The van der Waals surface area contributed by atoms with Crippen LogP contribution in [0, 0.1) is 6.92 Å². The molecule has 0 saturated carbocycles. The topological polar surface area (TPSA) is 15.7 Å². The number of hydrogen-bond acceptors (Lipinski definition) is 3. The number of methoxy groups -OCH3 is 1. The van der Waals surface area contributed by atoms with Gasteiger partial charge in [0.05, 0.1) is 18.8 Å². The smallest absolute Gasteiger partial charge is 0.142 e. The monoisotopic (exact) mass is 252 g/mol. The molecule has 3 nitrogen and oxygen atoms in total. The summed E-state index contributed by atoms with van der Waals surface area (Å²) < 4.78 is 18.4. The fourth-order valence-corrected chi connectivity index (χ4v) is 2.38. The third-order valence-corrected chi connectivity index (χ3v) is 3.63. The molecule has 1 saturated heterocycles. The SMILES string of the molecule is COc1cc(C)ccc1N1CCN(C)C(CF)C1. The molecule has 2 rings (SSSR count). The highest BCUT2D eigenvalue weighted by molar-refractivity contribution is 5.60. The number of hydrogen-bond donors (Lipinski definition) is 0. The Hall–Kier alpha value is -1.29. The van der Waals surface area contributed by atoms with Crippen LogP contribution in [-0.2, 0) is 0 Å². The van der Waals surface area contributed by atoms with Crippen LogP contribution >= 0.6 is 0 Å². The summed E-state index contributed by atoms with van der Waals surface area (Å²) in [4.78, 5) is 4.29. The van der Waals surface area contributed by atoms with Crippen molar-refractivity contribution >= 4 is 5.69 Å². The molecule has 0 bridgehead atoms. The molecule has 18 heavy (non-hydrogen) atoms. The van der Waals surface area contributed by atoms with Gasteiger partial charge < -0.3 is 9.64 Å². The lowest BCUT2D eigenvalue weighted by atomic mass is 10.1. The van der Waals surface area contributed by atoms with Crippen molar-refractivity contribution in [1.82, 2.24) is 4.90 Å². The van der Waals surface area contributed by atoms with Crippen molar-refractivity contribution in [3.63, 3.8) is 0 Å². The molecule has 1 atom stereocenters. The first-order valence-corrected chi connectivity index (χ1v) is 6.31. The fraction of sp³-hybridized carbons (Fsp3) is 0.571. The van der Waals surface area contributed by atoms with Crippen LogP contribution in [0.5, 0.6) is 5.75 Å². The number of rotatable bonds is 3. The van der Waals surface area contributed by atoms with Gasteiger partial charge in [0.25, 0.3) is 0 Å². The molecule has 1 aliphatic rings. The van der Waals surface area contributed by atoms with E-state index in [9.17, 15) is 4.39 Å². The Balaban J connectivity index is 2.21. The summed E-state index contributed by atoms with van der Waals surface area (Å²) in [6.07, 6.45) is 0. The zero-order valence-electron chi connectivity index (χ0n) is 11.3. The zero-order chi connectivity index (χ0) is 13.1. The second-order valence-corrected chi connectivity index (χ2v) is 4.91. The minimum absolute atomic E-state index is 0.0234. The summed E-state index contributed by atoms with van der Waals surface area (Å²) in [5, 5.41) is 0. The summed E-state index contributed by atoms with van der Waals surface area (Å²) in [6, 6.07) is 6.14. The average Bonchev–Trinajstić information content (AvgIpc) is 2.39. The Labute approximate surface area is 108 Å². The van der Waals surface area contributed by atoms with Crippen LogP contribution in [0.4, 0.5) is 10.1 Å². The first kappa shape index (κ1) is 13.1. The molecule has 0 N–H and O–H groups in total.